The second-order valence-corrected chi connectivity index (χ2v) is 6.38. The van der Waals surface area contributed by atoms with E-state index in [-0.39, 0.29) is 16.1 Å². The first kappa shape index (κ1) is 15.1. The summed E-state index contributed by atoms with van der Waals surface area (Å²) < 4.78 is 27.0. The van der Waals surface area contributed by atoms with E-state index in [2.05, 4.69) is 4.72 Å². The highest BCUT2D eigenvalue weighted by Gasteiger charge is 2.18. The molecule has 0 unspecified atom stereocenters. The minimum absolute atomic E-state index is 0.0447. The first-order chi connectivity index (χ1) is 9.81. The summed E-state index contributed by atoms with van der Waals surface area (Å²) in [5.41, 5.74) is 1.79. The zero-order valence-electron chi connectivity index (χ0n) is 11.6. The summed E-state index contributed by atoms with van der Waals surface area (Å²) in [6.07, 6.45) is 0. The van der Waals surface area contributed by atoms with Gasteiger partial charge < -0.3 is 5.11 Å². The molecule has 0 aliphatic heterocycles. The molecule has 0 fully saturated rings. The van der Waals surface area contributed by atoms with E-state index in [1.165, 1.54) is 24.3 Å². The van der Waals surface area contributed by atoms with Crippen LogP contribution in [0, 0.1) is 13.8 Å². The fourth-order valence-electron chi connectivity index (χ4n) is 1.84. The van der Waals surface area contributed by atoms with Crippen LogP contribution >= 0.6 is 0 Å². The van der Waals surface area contributed by atoms with Crippen molar-refractivity contribution in [3.8, 4) is 0 Å². The average molecular weight is 305 g/mol. The molecule has 21 heavy (non-hydrogen) atoms. The number of carbonyl (C=O) groups is 1. The Bertz CT molecular complexity index is 797. The molecule has 0 bridgehead atoms. The van der Waals surface area contributed by atoms with Crippen LogP contribution in [0.25, 0.3) is 0 Å². The Labute approximate surface area is 123 Å². The van der Waals surface area contributed by atoms with Gasteiger partial charge in [-0.3, -0.25) is 4.72 Å². The quantitative estimate of drug-likeness (QED) is 0.909. The molecule has 0 aromatic heterocycles. The molecule has 0 atom stereocenters. The molecule has 0 saturated heterocycles. The lowest BCUT2D eigenvalue weighted by molar-refractivity contribution is 0.0698. The van der Waals surface area contributed by atoms with Gasteiger partial charge in [0.05, 0.1) is 16.1 Å². The van der Waals surface area contributed by atoms with E-state index in [1.807, 2.05) is 13.8 Å². The highest BCUT2D eigenvalue weighted by molar-refractivity contribution is 7.92. The first-order valence-electron chi connectivity index (χ1n) is 6.23. The Kier molecular flexibility index (Phi) is 3.99. The average Bonchev–Trinajstić information content (AvgIpc) is 2.41. The lowest BCUT2D eigenvalue weighted by Gasteiger charge is -2.11. The van der Waals surface area contributed by atoms with E-state index in [0.29, 0.717) is 0 Å². The molecule has 2 aromatic carbocycles. The number of carboxylic acids is 1. The zero-order valence-corrected chi connectivity index (χ0v) is 12.4. The Hall–Kier alpha value is -2.34. The second-order valence-electron chi connectivity index (χ2n) is 4.70. The standard InChI is InChI=1S/C15H15NO4S/c1-10-7-8-12(9-11(10)2)21(19,20)16-14-6-4-3-5-13(14)15(17)18/h3-9,16H,1-2H3,(H,17,18). The van der Waals surface area contributed by atoms with Gasteiger partial charge in [0.25, 0.3) is 10.0 Å². The van der Waals surface area contributed by atoms with Gasteiger partial charge in [-0.1, -0.05) is 18.2 Å². The lowest BCUT2D eigenvalue weighted by atomic mass is 10.1. The summed E-state index contributed by atoms with van der Waals surface area (Å²) in [4.78, 5) is 11.2. The van der Waals surface area contributed by atoms with Gasteiger partial charge in [-0.15, -0.1) is 0 Å². The van der Waals surface area contributed by atoms with Crippen molar-refractivity contribution in [1.29, 1.82) is 0 Å². The summed E-state index contributed by atoms with van der Waals surface area (Å²) >= 11 is 0. The molecule has 2 N–H and O–H groups in total. The molecule has 0 saturated carbocycles. The number of hydrogen-bond donors (Lipinski definition) is 2. The summed E-state index contributed by atoms with van der Waals surface area (Å²) in [5, 5.41) is 9.08. The maximum Gasteiger partial charge on any atom is 0.337 e. The van der Waals surface area contributed by atoms with Crippen molar-refractivity contribution >= 4 is 21.7 Å². The van der Waals surface area contributed by atoms with Crippen molar-refractivity contribution in [2.45, 2.75) is 18.7 Å². The molecule has 2 aromatic rings. The Morgan fingerprint density at radius 1 is 1.05 bits per heavy atom. The number of para-hydroxylation sites is 1. The van der Waals surface area contributed by atoms with Crippen molar-refractivity contribution in [2.24, 2.45) is 0 Å². The van der Waals surface area contributed by atoms with Gasteiger partial charge in [0.15, 0.2) is 0 Å². The number of sulfonamides is 1. The summed E-state index contributed by atoms with van der Waals surface area (Å²) in [5.74, 6) is -1.19. The molecule has 0 aliphatic carbocycles. The van der Waals surface area contributed by atoms with Crippen molar-refractivity contribution in [1.82, 2.24) is 0 Å². The Morgan fingerprint density at radius 2 is 1.71 bits per heavy atom. The Balaban J connectivity index is 2.42. The maximum atomic E-state index is 12.3. The highest BCUT2D eigenvalue weighted by atomic mass is 32.2. The lowest BCUT2D eigenvalue weighted by Crippen LogP contribution is -2.15. The third kappa shape index (κ3) is 3.22. The fraction of sp³-hybridized carbons (Fsp3) is 0.133. The zero-order chi connectivity index (χ0) is 15.6. The third-order valence-electron chi connectivity index (χ3n) is 3.19. The molecule has 0 radical (unpaired) electrons. The van der Waals surface area contributed by atoms with Gasteiger partial charge >= 0.3 is 5.97 Å². The van der Waals surface area contributed by atoms with Crippen LogP contribution in [0.3, 0.4) is 0 Å². The number of carboxylic acid groups (broad SMARTS) is 1. The van der Waals surface area contributed by atoms with Gasteiger partial charge in [0, 0.05) is 0 Å². The number of aromatic carboxylic acids is 1. The van der Waals surface area contributed by atoms with E-state index in [1.54, 1.807) is 18.2 Å². The van der Waals surface area contributed by atoms with Crippen molar-refractivity contribution in [3.63, 3.8) is 0 Å². The SMILES string of the molecule is Cc1ccc(S(=O)(=O)Nc2ccccc2C(=O)O)cc1C. The summed E-state index contributed by atoms with van der Waals surface area (Å²) in [7, 11) is -3.82. The predicted molar refractivity (Wildman–Crippen MR) is 80.1 cm³/mol. The monoisotopic (exact) mass is 305 g/mol. The summed E-state index contributed by atoms with van der Waals surface area (Å²) in [6, 6.07) is 10.6. The largest absolute Gasteiger partial charge is 0.478 e. The van der Waals surface area contributed by atoms with Crippen LogP contribution in [0.5, 0.6) is 0 Å². The van der Waals surface area contributed by atoms with E-state index in [0.717, 1.165) is 11.1 Å². The van der Waals surface area contributed by atoms with Crippen LogP contribution < -0.4 is 4.72 Å². The Morgan fingerprint density at radius 3 is 2.33 bits per heavy atom. The topological polar surface area (TPSA) is 83.5 Å². The molecular formula is C15H15NO4S. The maximum absolute atomic E-state index is 12.3. The molecule has 0 amide bonds. The molecule has 0 heterocycles. The van der Waals surface area contributed by atoms with Crippen LogP contribution in [0.15, 0.2) is 47.4 Å². The minimum Gasteiger partial charge on any atom is -0.478 e. The van der Waals surface area contributed by atoms with E-state index in [4.69, 9.17) is 5.11 Å². The van der Waals surface area contributed by atoms with Crippen LogP contribution in [0.2, 0.25) is 0 Å². The van der Waals surface area contributed by atoms with Crippen LogP contribution in [0.4, 0.5) is 5.69 Å². The minimum atomic E-state index is -3.82. The van der Waals surface area contributed by atoms with Crippen LogP contribution in [-0.2, 0) is 10.0 Å². The van der Waals surface area contributed by atoms with E-state index in [9.17, 15) is 13.2 Å². The van der Waals surface area contributed by atoms with Gasteiger partial charge in [0.1, 0.15) is 0 Å². The fourth-order valence-corrected chi connectivity index (χ4v) is 3.01. The first-order valence-corrected chi connectivity index (χ1v) is 7.72. The van der Waals surface area contributed by atoms with E-state index >= 15 is 0 Å². The van der Waals surface area contributed by atoms with Crippen molar-refractivity contribution in [3.05, 3.63) is 59.2 Å². The molecule has 0 aliphatic rings. The predicted octanol–water partition coefficient (Wildman–Crippen LogP) is 2.80. The van der Waals surface area contributed by atoms with Gasteiger partial charge in [-0.05, 0) is 49.2 Å². The van der Waals surface area contributed by atoms with Gasteiger partial charge in [0.2, 0.25) is 0 Å². The number of rotatable bonds is 4. The van der Waals surface area contributed by atoms with Crippen molar-refractivity contribution < 1.29 is 18.3 Å². The molecule has 0 spiro atoms. The molecular weight excluding hydrogens is 290 g/mol. The molecule has 5 nitrogen and oxygen atoms in total. The smallest absolute Gasteiger partial charge is 0.337 e. The number of benzene rings is 2. The second kappa shape index (κ2) is 5.57. The summed E-state index contributed by atoms with van der Waals surface area (Å²) in [6.45, 7) is 3.71. The van der Waals surface area contributed by atoms with Gasteiger partial charge in [-0.25, -0.2) is 13.2 Å². The molecule has 110 valence electrons. The van der Waals surface area contributed by atoms with E-state index < -0.39 is 16.0 Å². The molecule has 2 rings (SSSR count). The number of aryl methyl sites for hydroxylation is 2. The number of hydrogen-bond acceptors (Lipinski definition) is 3. The normalized spacial score (nSPS) is 11.1. The van der Waals surface area contributed by atoms with Crippen molar-refractivity contribution in [2.75, 3.05) is 4.72 Å². The molecule has 6 heteroatoms. The number of anilines is 1. The van der Waals surface area contributed by atoms with Gasteiger partial charge in [-0.2, -0.15) is 0 Å². The van der Waals surface area contributed by atoms with Crippen LogP contribution in [0.1, 0.15) is 21.5 Å². The third-order valence-corrected chi connectivity index (χ3v) is 4.55. The highest BCUT2D eigenvalue weighted by Crippen LogP contribution is 2.21. The van der Waals surface area contributed by atoms with Crippen LogP contribution in [-0.4, -0.2) is 19.5 Å². The number of nitrogens with one attached hydrogen (secondary N) is 1.